The molecule has 1 aromatic heterocycles. The number of aryl methyl sites for hydroxylation is 2. The maximum Gasteiger partial charge on any atom is 0.226 e. The minimum absolute atomic E-state index is 0.205. The van der Waals surface area contributed by atoms with Crippen molar-refractivity contribution in [1.82, 2.24) is 15.0 Å². The molecule has 0 radical (unpaired) electrons. The molecule has 3 aliphatic heterocycles. The summed E-state index contributed by atoms with van der Waals surface area (Å²) in [6.45, 7) is 10.3. The molecule has 4 heterocycles. The molecular weight excluding hydrogens is 346 g/mol. The summed E-state index contributed by atoms with van der Waals surface area (Å²) < 4.78 is 17.1. The average Bonchev–Trinajstić information content (AvgIpc) is 2.96. The maximum atomic E-state index is 13.0. The first-order valence-corrected chi connectivity index (χ1v) is 10.2. The van der Waals surface area contributed by atoms with E-state index in [1.807, 2.05) is 13.8 Å². The number of morpholine rings is 1. The van der Waals surface area contributed by atoms with Crippen LogP contribution in [0.3, 0.4) is 0 Å². The van der Waals surface area contributed by atoms with E-state index in [2.05, 4.69) is 15.0 Å². The molecule has 1 spiro atoms. The first-order valence-electron chi connectivity index (χ1n) is 10.2. The van der Waals surface area contributed by atoms with Crippen molar-refractivity contribution in [1.29, 1.82) is 0 Å². The molecule has 0 aromatic carbocycles. The first-order chi connectivity index (χ1) is 13.1. The number of likely N-dealkylation sites (tertiary alicyclic amines) is 1. The third kappa shape index (κ3) is 3.09. The summed E-state index contributed by atoms with van der Waals surface area (Å²) in [7, 11) is 0. The van der Waals surface area contributed by atoms with E-state index in [4.69, 9.17) is 14.0 Å². The monoisotopic (exact) mass is 375 g/mol. The quantitative estimate of drug-likeness (QED) is 0.795. The van der Waals surface area contributed by atoms with Gasteiger partial charge in [0.2, 0.25) is 5.91 Å². The van der Waals surface area contributed by atoms with Crippen molar-refractivity contribution in [2.45, 2.75) is 38.8 Å². The van der Waals surface area contributed by atoms with Gasteiger partial charge in [0.1, 0.15) is 5.76 Å². The Morgan fingerprint density at radius 2 is 2.04 bits per heavy atom. The van der Waals surface area contributed by atoms with Crippen LogP contribution in [0.4, 0.5) is 0 Å². The largest absolute Gasteiger partial charge is 0.381 e. The van der Waals surface area contributed by atoms with Crippen molar-refractivity contribution in [2.75, 3.05) is 46.0 Å². The van der Waals surface area contributed by atoms with Crippen molar-refractivity contribution in [3.05, 3.63) is 17.0 Å². The summed E-state index contributed by atoms with van der Waals surface area (Å²) in [5, 5.41) is 4.08. The molecule has 7 nitrogen and oxygen atoms in total. The highest BCUT2D eigenvalue weighted by molar-refractivity contribution is 5.82. The molecule has 1 aliphatic carbocycles. The third-order valence-corrected chi connectivity index (χ3v) is 6.98. The lowest BCUT2D eigenvalue weighted by molar-refractivity contribution is -0.163. The van der Waals surface area contributed by atoms with E-state index >= 15 is 0 Å². The molecule has 5 rings (SSSR count). The summed E-state index contributed by atoms with van der Waals surface area (Å²) in [6, 6.07) is 0. The molecule has 1 saturated carbocycles. The van der Waals surface area contributed by atoms with Crippen molar-refractivity contribution in [3.8, 4) is 0 Å². The van der Waals surface area contributed by atoms with Gasteiger partial charge in [-0.2, -0.15) is 0 Å². The highest BCUT2D eigenvalue weighted by Gasteiger charge is 2.59. The fourth-order valence-corrected chi connectivity index (χ4v) is 5.37. The number of aromatic nitrogens is 1. The second kappa shape index (κ2) is 6.57. The van der Waals surface area contributed by atoms with Crippen LogP contribution in [0.25, 0.3) is 0 Å². The van der Waals surface area contributed by atoms with Gasteiger partial charge in [-0.15, -0.1) is 0 Å². The van der Waals surface area contributed by atoms with Crippen molar-refractivity contribution < 1.29 is 18.8 Å². The maximum absolute atomic E-state index is 13.0. The van der Waals surface area contributed by atoms with E-state index in [0.717, 1.165) is 70.2 Å². The molecule has 3 saturated heterocycles. The van der Waals surface area contributed by atoms with Gasteiger partial charge in [-0.3, -0.25) is 9.69 Å². The highest BCUT2D eigenvalue weighted by Crippen LogP contribution is 2.51. The number of carbonyl (C=O) groups is 1. The summed E-state index contributed by atoms with van der Waals surface area (Å²) in [4.78, 5) is 17.5. The van der Waals surface area contributed by atoms with Gasteiger partial charge in [0, 0.05) is 31.1 Å². The zero-order valence-electron chi connectivity index (χ0n) is 16.3. The van der Waals surface area contributed by atoms with Crippen molar-refractivity contribution in [2.24, 2.45) is 17.8 Å². The number of hydrogen-bond acceptors (Lipinski definition) is 6. The van der Waals surface area contributed by atoms with Crippen molar-refractivity contribution >= 4 is 5.91 Å². The second-order valence-corrected chi connectivity index (χ2v) is 8.80. The Labute approximate surface area is 159 Å². The van der Waals surface area contributed by atoms with Crippen LogP contribution < -0.4 is 0 Å². The van der Waals surface area contributed by atoms with E-state index in [0.29, 0.717) is 24.3 Å². The fraction of sp³-hybridized carbons (Fsp3) is 0.800. The van der Waals surface area contributed by atoms with Crippen molar-refractivity contribution in [3.63, 3.8) is 0 Å². The predicted octanol–water partition coefficient (Wildman–Crippen LogP) is 1.38. The molecule has 0 bridgehead atoms. The van der Waals surface area contributed by atoms with Gasteiger partial charge in [-0.1, -0.05) is 5.16 Å². The fourth-order valence-electron chi connectivity index (χ4n) is 5.37. The smallest absolute Gasteiger partial charge is 0.226 e. The SMILES string of the molecule is Cc1noc(C)c1CN1CCCC2(C1)CN(C(=O)C1[C@H]3COC[C@@H]13)CCO2. The van der Waals surface area contributed by atoms with Gasteiger partial charge in [-0.25, -0.2) is 0 Å². The van der Waals surface area contributed by atoms with Crippen LogP contribution in [0.5, 0.6) is 0 Å². The molecule has 148 valence electrons. The molecule has 1 amide bonds. The van der Waals surface area contributed by atoms with Crippen LogP contribution in [0.1, 0.15) is 29.9 Å². The zero-order valence-corrected chi connectivity index (χ0v) is 16.3. The van der Waals surface area contributed by atoms with Gasteiger partial charge in [-0.05, 0) is 45.1 Å². The predicted molar refractivity (Wildman–Crippen MR) is 97.0 cm³/mol. The molecule has 4 fully saturated rings. The minimum atomic E-state index is -0.231. The van der Waals surface area contributed by atoms with Crippen LogP contribution in [0.2, 0.25) is 0 Å². The lowest BCUT2D eigenvalue weighted by Crippen LogP contribution is -2.60. The molecule has 27 heavy (non-hydrogen) atoms. The van der Waals surface area contributed by atoms with Crippen LogP contribution in [-0.4, -0.2) is 72.5 Å². The number of hydrogen-bond donors (Lipinski definition) is 0. The topological polar surface area (TPSA) is 68.0 Å². The van der Waals surface area contributed by atoms with E-state index in [9.17, 15) is 4.79 Å². The number of carbonyl (C=O) groups excluding carboxylic acids is 1. The van der Waals surface area contributed by atoms with Gasteiger partial charge in [0.25, 0.3) is 0 Å². The van der Waals surface area contributed by atoms with Crippen LogP contribution >= 0.6 is 0 Å². The number of piperidine rings is 1. The Bertz CT molecular complexity index is 701. The molecule has 1 aromatic rings. The molecule has 0 N–H and O–H groups in total. The second-order valence-electron chi connectivity index (χ2n) is 8.80. The number of fused-ring (bicyclic) bond motifs is 1. The Morgan fingerprint density at radius 1 is 1.22 bits per heavy atom. The standard InChI is InChI=1S/C20H29N3O4/c1-13-15(14(2)27-21-13)8-22-5-3-4-20(11-22)12-23(6-7-26-20)19(24)18-16-9-25-10-17(16)18/h16-18H,3-12H2,1-2H3/t16-,17+,18?,20?. The Kier molecular flexibility index (Phi) is 4.29. The van der Waals surface area contributed by atoms with Crippen LogP contribution in [0.15, 0.2) is 4.52 Å². The Balaban J connectivity index is 1.25. The normalized spacial score (nSPS) is 36.2. The molecule has 7 heteroatoms. The molecule has 4 aliphatic rings. The summed E-state index contributed by atoms with van der Waals surface area (Å²) in [5.41, 5.74) is 1.92. The summed E-state index contributed by atoms with van der Waals surface area (Å²) in [6.07, 6.45) is 2.11. The van der Waals surface area contributed by atoms with E-state index in [-0.39, 0.29) is 11.5 Å². The highest BCUT2D eigenvalue weighted by atomic mass is 16.5. The van der Waals surface area contributed by atoms with Crippen LogP contribution in [0, 0.1) is 31.6 Å². The van der Waals surface area contributed by atoms with Gasteiger partial charge in [0.15, 0.2) is 0 Å². The summed E-state index contributed by atoms with van der Waals surface area (Å²) >= 11 is 0. The van der Waals surface area contributed by atoms with E-state index in [1.165, 1.54) is 5.56 Å². The lowest BCUT2D eigenvalue weighted by atomic mass is 9.90. The minimum Gasteiger partial charge on any atom is -0.381 e. The average molecular weight is 375 g/mol. The van der Waals surface area contributed by atoms with Crippen LogP contribution in [-0.2, 0) is 20.8 Å². The van der Waals surface area contributed by atoms with Gasteiger partial charge < -0.3 is 18.9 Å². The molecular formula is C20H29N3O4. The number of nitrogens with zero attached hydrogens (tertiary/aromatic N) is 3. The molecule has 2 unspecified atom stereocenters. The number of rotatable bonds is 3. The lowest BCUT2D eigenvalue weighted by Gasteiger charge is -2.48. The number of amides is 1. The first kappa shape index (κ1) is 17.6. The molecule has 4 atom stereocenters. The number of ether oxygens (including phenoxy) is 2. The summed E-state index contributed by atoms with van der Waals surface area (Å²) in [5.74, 6) is 2.38. The Hall–Kier alpha value is -1.44. The van der Waals surface area contributed by atoms with E-state index < -0.39 is 0 Å². The van der Waals surface area contributed by atoms with Gasteiger partial charge >= 0.3 is 0 Å². The van der Waals surface area contributed by atoms with Gasteiger partial charge in [0.05, 0.1) is 37.7 Å². The Morgan fingerprint density at radius 3 is 2.78 bits per heavy atom. The van der Waals surface area contributed by atoms with E-state index in [1.54, 1.807) is 0 Å². The zero-order chi connectivity index (χ0) is 18.6. The third-order valence-electron chi connectivity index (χ3n) is 6.98.